The lowest BCUT2D eigenvalue weighted by molar-refractivity contribution is 0.225. The zero-order chi connectivity index (χ0) is 12.8. The molecule has 18 heavy (non-hydrogen) atoms. The third-order valence-electron chi connectivity index (χ3n) is 3.48. The van der Waals surface area contributed by atoms with Crippen LogP contribution in [0.25, 0.3) is 0 Å². The first-order chi connectivity index (χ1) is 8.78. The number of nitrogens with zero attached hydrogens (tertiary/aromatic N) is 2. The van der Waals surface area contributed by atoms with Gasteiger partial charge in [-0.05, 0) is 34.7 Å². The molecular formula is C14H21BrN2O. The number of halogens is 1. The van der Waals surface area contributed by atoms with Crippen LogP contribution < -0.4 is 4.74 Å². The minimum absolute atomic E-state index is 0.700. The van der Waals surface area contributed by atoms with Gasteiger partial charge in [0, 0.05) is 12.5 Å². The first-order valence-corrected chi connectivity index (χ1v) is 7.73. The summed E-state index contributed by atoms with van der Waals surface area (Å²) in [7, 11) is 0. The summed E-state index contributed by atoms with van der Waals surface area (Å²) < 4.78 is 6.65. The molecule has 1 aromatic heterocycles. The van der Waals surface area contributed by atoms with Gasteiger partial charge < -0.3 is 4.74 Å². The zero-order valence-electron chi connectivity index (χ0n) is 11.0. The van der Waals surface area contributed by atoms with E-state index in [2.05, 4.69) is 32.8 Å². The molecule has 1 saturated carbocycles. The van der Waals surface area contributed by atoms with Crippen molar-refractivity contribution in [1.82, 2.24) is 9.97 Å². The van der Waals surface area contributed by atoms with Crippen molar-refractivity contribution in [2.24, 2.45) is 5.92 Å². The van der Waals surface area contributed by atoms with Gasteiger partial charge in [-0.25, -0.2) is 4.98 Å². The normalized spacial score (nSPS) is 17.4. The van der Waals surface area contributed by atoms with E-state index in [1.54, 1.807) is 0 Å². The van der Waals surface area contributed by atoms with Gasteiger partial charge in [-0.3, -0.25) is 0 Å². The van der Waals surface area contributed by atoms with Crippen molar-refractivity contribution >= 4 is 15.9 Å². The number of aryl methyl sites for hydroxylation is 1. The summed E-state index contributed by atoms with van der Waals surface area (Å²) in [6.07, 6.45) is 8.90. The molecule has 0 amide bonds. The van der Waals surface area contributed by atoms with Gasteiger partial charge in [-0.15, -0.1) is 0 Å². The number of ether oxygens (including phenoxy) is 1. The molecule has 0 bridgehead atoms. The van der Waals surface area contributed by atoms with Crippen molar-refractivity contribution in [3.8, 4) is 5.88 Å². The van der Waals surface area contributed by atoms with Gasteiger partial charge in [0.1, 0.15) is 10.4 Å². The van der Waals surface area contributed by atoms with E-state index in [4.69, 9.17) is 4.74 Å². The quantitative estimate of drug-likeness (QED) is 0.619. The van der Waals surface area contributed by atoms with Crippen LogP contribution in [0.2, 0.25) is 0 Å². The maximum Gasteiger partial charge on any atom is 0.217 e. The van der Waals surface area contributed by atoms with Crippen LogP contribution in [-0.2, 0) is 6.42 Å². The van der Waals surface area contributed by atoms with Crippen LogP contribution in [0.15, 0.2) is 10.7 Å². The molecule has 0 saturated heterocycles. The fourth-order valence-electron chi connectivity index (χ4n) is 2.41. The van der Waals surface area contributed by atoms with Crippen molar-refractivity contribution < 1.29 is 4.74 Å². The van der Waals surface area contributed by atoms with E-state index in [1.807, 2.05) is 6.07 Å². The SMILES string of the molecule is CCc1nc(Br)cc(OCC2CCCCCC2)n1. The van der Waals surface area contributed by atoms with Crippen molar-refractivity contribution in [2.45, 2.75) is 51.9 Å². The van der Waals surface area contributed by atoms with Gasteiger partial charge in [0.2, 0.25) is 5.88 Å². The van der Waals surface area contributed by atoms with Gasteiger partial charge in [-0.1, -0.05) is 32.6 Å². The van der Waals surface area contributed by atoms with Crippen LogP contribution in [0.1, 0.15) is 51.3 Å². The summed E-state index contributed by atoms with van der Waals surface area (Å²) in [4.78, 5) is 8.68. The first-order valence-electron chi connectivity index (χ1n) is 6.94. The Morgan fingerprint density at radius 1 is 1.22 bits per heavy atom. The third-order valence-corrected chi connectivity index (χ3v) is 3.88. The number of aromatic nitrogens is 2. The highest BCUT2D eigenvalue weighted by Crippen LogP contribution is 2.24. The predicted molar refractivity (Wildman–Crippen MR) is 75.8 cm³/mol. The van der Waals surface area contributed by atoms with Gasteiger partial charge >= 0.3 is 0 Å². The Morgan fingerprint density at radius 2 is 1.94 bits per heavy atom. The Balaban J connectivity index is 1.90. The molecule has 0 atom stereocenters. The molecule has 0 spiro atoms. The maximum absolute atomic E-state index is 5.84. The second-order valence-corrected chi connectivity index (χ2v) is 5.78. The lowest BCUT2D eigenvalue weighted by atomic mass is 10.0. The van der Waals surface area contributed by atoms with E-state index < -0.39 is 0 Å². The number of hydrogen-bond donors (Lipinski definition) is 0. The van der Waals surface area contributed by atoms with Crippen LogP contribution >= 0.6 is 15.9 Å². The molecule has 0 radical (unpaired) electrons. The zero-order valence-corrected chi connectivity index (χ0v) is 12.6. The van der Waals surface area contributed by atoms with Crippen LogP contribution in [-0.4, -0.2) is 16.6 Å². The Hall–Kier alpha value is -0.640. The van der Waals surface area contributed by atoms with Crippen LogP contribution in [0, 0.1) is 5.92 Å². The Bertz CT molecular complexity index is 376. The summed E-state index contributed by atoms with van der Waals surface area (Å²) in [6, 6.07) is 1.86. The van der Waals surface area contributed by atoms with Gasteiger partial charge in [0.05, 0.1) is 6.61 Å². The molecule has 0 aromatic carbocycles. The molecule has 1 aliphatic rings. The molecule has 0 unspecified atom stereocenters. The van der Waals surface area contributed by atoms with E-state index in [1.165, 1.54) is 38.5 Å². The lowest BCUT2D eigenvalue weighted by Gasteiger charge is -2.14. The van der Waals surface area contributed by atoms with Crippen molar-refractivity contribution in [2.75, 3.05) is 6.61 Å². The van der Waals surface area contributed by atoms with E-state index in [-0.39, 0.29) is 0 Å². The Kier molecular flexibility index (Phi) is 5.42. The fraction of sp³-hybridized carbons (Fsp3) is 0.714. The molecule has 2 rings (SSSR count). The first kappa shape index (κ1) is 13.8. The van der Waals surface area contributed by atoms with E-state index in [0.717, 1.165) is 23.5 Å². The van der Waals surface area contributed by atoms with E-state index in [9.17, 15) is 0 Å². The summed E-state index contributed by atoms with van der Waals surface area (Å²) in [5.74, 6) is 2.24. The molecule has 1 aromatic rings. The lowest BCUT2D eigenvalue weighted by Crippen LogP contribution is -2.12. The van der Waals surface area contributed by atoms with E-state index >= 15 is 0 Å². The summed E-state index contributed by atoms with van der Waals surface area (Å²) in [5.41, 5.74) is 0. The van der Waals surface area contributed by atoms with Crippen LogP contribution in [0.5, 0.6) is 5.88 Å². The van der Waals surface area contributed by atoms with Crippen molar-refractivity contribution in [1.29, 1.82) is 0 Å². The molecule has 3 nitrogen and oxygen atoms in total. The van der Waals surface area contributed by atoms with Crippen LogP contribution in [0.3, 0.4) is 0 Å². The summed E-state index contributed by atoms with van der Waals surface area (Å²) in [5, 5.41) is 0. The summed E-state index contributed by atoms with van der Waals surface area (Å²) >= 11 is 3.40. The highest BCUT2D eigenvalue weighted by atomic mass is 79.9. The largest absolute Gasteiger partial charge is 0.477 e. The van der Waals surface area contributed by atoms with Gasteiger partial charge in [0.15, 0.2) is 0 Å². The standard InChI is InChI=1S/C14H21BrN2O/c1-2-13-16-12(15)9-14(17-13)18-10-11-7-5-3-4-6-8-11/h9,11H,2-8,10H2,1H3. The maximum atomic E-state index is 5.84. The fourth-order valence-corrected chi connectivity index (χ4v) is 2.81. The molecule has 1 fully saturated rings. The second-order valence-electron chi connectivity index (χ2n) is 4.97. The molecule has 1 aliphatic carbocycles. The van der Waals surface area contributed by atoms with Gasteiger partial charge in [-0.2, -0.15) is 4.98 Å². The topological polar surface area (TPSA) is 35.0 Å². The summed E-state index contributed by atoms with van der Waals surface area (Å²) in [6.45, 7) is 2.85. The predicted octanol–water partition coefficient (Wildman–Crippen LogP) is 4.15. The smallest absolute Gasteiger partial charge is 0.217 e. The van der Waals surface area contributed by atoms with E-state index in [0.29, 0.717) is 11.8 Å². The molecule has 4 heteroatoms. The molecule has 0 aliphatic heterocycles. The minimum Gasteiger partial charge on any atom is -0.477 e. The second kappa shape index (κ2) is 7.07. The monoisotopic (exact) mass is 312 g/mol. The number of hydrogen-bond acceptors (Lipinski definition) is 3. The molecule has 100 valence electrons. The average molecular weight is 313 g/mol. The third kappa shape index (κ3) is 4.23. The number of rotatable bonds is 4. The van der Waals surface area contributed by atoms with Crippen molar-refractivity contribution in [3.63, 3.8) is 0 Å². The van der Waals surface area contributed by atoms with Crippen LogP contribution in [0.4, 0.5) is 0 Å². The van der Waals surface area contributed by atoms with Crippen molar-refractivity contribution in [3.05, 3.63) is 16.5 Å². The Morgan fingerprint density at radius 3 is 2.61 bits per heavy atom. The minimum atomic E-state index is 0.700. The highest BCUT2D eigenvalue weighted by molar-refractivity contribution is 9.10. The Labute approximate surface area is 117 Å². The molecule has 0 N–H and O–H groups in total. The highest BCUT2D eigenvalue weighted by Gasteiger charge is 2.13. The molecule has 1 heterocycles. The average Bonchev–Trinajstić information content (AvgIpc) is 2.64. The molecular weight excluding hydrogens is 292 g/mol. The van der Waals surface area contributed by atoms with Gasteiger partial charge in [0.25, 0.3) is 0 Å².